The van der Waals surface area contributed by atoms with Gasteiger partial charge in [0.1, 0.15) is 0 Å². The Balaban J connectivity index is 1.15. The van der Waals surface area contributed by atoms with Crippen LogP contribution in [0.1, 0.15) is 0 Å². The topological polar surface area (TPSA) is 0 Å². The molecule has 15 rings (SSSR count). The summed E-state index contributed by atoms with van der Waals surface area (Å²) in [6, 6.07) is 73.8. The van der Waals surface area contributed by atoms with Crippen molar-refractivity contribution in [2.24, 2.45) is 0 Å². The SMILES string of the molecule is c1ccc2c(c1)-c1cccc3c(-c4c5c(c(-c6ccc7c8c(cccc68)-c6ccccc6-7)c6ccccc46)-c4cc6c7ccccc7ccc6c6cccc-5c46)ccc-2c13. The van der Waals surface area contributed by atoms with Crippen LogP contribution in [0.4, 0.5) is 0 Å². The number of benzene rings is 12. The lowest BCUT2D eigenvalue weighted by Crippen LogP contribution is -1.95. The molecule has 0 heterocycles. The fourth-order valence-corrected chi connectivity index (χ4v) is 12.0. The second-order valence-electron chi connectivity index (χ2n) is 16.9. The summed E-state index contributed by atoms with van der Waals surface area (Å²) in [5.41, 5.74) is 21.2. The van der Waals surface area contributed by atoms with Crippen LogP contribution in [0.2, 0.25) is 0 Å². The van der Waals surface area contributed by atoms with Crippen LogP contribution in [0.15, 0.2) is 194 Å². The van der Waals surface area contributed by atoms with Gasteiger partial charge < -0.3 is 0 Å². The fraction of sp³-hybridized carbons (Fsp3) is 0. The monoisotopic (exact) mass is 752 g/mol. The minimum atomic E-state index is 1.27. The first kappa shape index (κ1) is 31.2. The maximum Gasteiger partial charge on any atom is -0.000696 e. The third-order valence-electron chi connectivity index (χ3n) is 14.3. The number of hydrogen-bond acceptors (Lipinski definition) is 0. The van der Waals surface area contributed by atoms with Crippen molar-refractivity contribution in [3.05, 3.63) is 194 Å². The molecular formula is C60H32. The summed E-state index contributed by atoms with van der Waals surface area (Å²) in [6.45, 7) is 0. The molecule has 0 N–H and O–H groups in total. The van der Waals surface area contributed by atoms with E-state index in [0.717, 1.165) is 0 Å². The van der Waals surface area contributed by atoms with Gasteiger partial charge in [-0.05, 0) is 160 Å². The number of rotatable bonds is 2. The van der Waals surface area contributed by atoms with Crippen molar-refractivity contribution in [2.75, 3.05) is 0 Å². The van der Waals surface area contributed by atoms with Gasteiger partial charge in [-0.1, -0.05) is 188 Å². The van der Waals surface area contributed by atoms with Crippen molar-refractivity contribution < 1.29 is 0 Å². The molecule has 0 amide bonds. The van der Waals surface area contributed by atoms with Crippen LogP contribution >= 0.6 is 0 Å². The van der Waals surface area contributed by atoms with Gasteiger partial charge in [0, 0.05) is 0 Å². The largest absolute Gasteiger partial charge is 0.0616 e. The summed E-state index contributed by atoms with van der Waals surface area (Å²) >= 11 is 0. The smallest absolute Gasteiger partial charge is 0.000696 e. The molecule has 0 bridgehead atoms. The van der Waals surface area contributed by atoms with Crippen LogP contribution < -0.4 is 0 Å². The van der Waals surface area contributed by atoms with E-state index < -0.39 is 0 Å². The minimum absolute atomic E-state index is 1.27. The summed E-state index contributed by atoms with van der Waals surface area (Å²) in [7, 11) is 0. The Hall–Kier alpha value is -7.80. The second-order valence-corrected chi connectivity index (χ2v) is 16.9. The fourth-order valence-electron chi connectivity index (χ4n) is 12.0. The molecule has 272 valence electrons. The molecular weight excluding hydrogens is 721 g/mol. The van der Waals surface area contributed by atoms with Crippen LogP contribution in [-0.4, -0.2) is 0 Å². The molecule has 0 atom stereocenters. The molecule has 0 unspecified atom stereocenters. The van der Waals surface area contributed by atoms with E-state index >= 15 is 0 Å². The zero-order chi connectivity index (χ0) is 38.8. The predicted molar refractivity (Wildman–Crippen MR) is 256 cm³/mol. The summed E-state index contributed by atoms with van der Waals surface area (Å²) < 4.78 is 0. The van der Waals surface area contributed by atoms with Gasteiger partial charge in [-0.15, -0.1) is 0 Å². The number of fused-ring (bicyclic) bond motifs is 14. The highest BCUT2D eigenvalue weighted by Gasteiger charge is 2.34. The molecule has 12 aromatic rings. The van der Waals surface area contributed by atoms with Crippen LogP contribution in [0.5, 0.6) is 0 Å². The van der Waals surface area contributed by atoms with Gasteiger partial charge >= 0.3 is 0 Å². The minimum Gasteiger partial charge on any atom is -0.0616 e. The zero-order valence-corrected chi connectivity index (χ0v) is 32.5. The lowest BCUT2D eigenvalue weighted by molar-refractivity contribution is 1.66. The molecule has 60 heavy (non-hydrogen) atoms. The lowest BCUT2D eigenvalue weighted by Gasteiger charge is -2.22. The Labute approximate surface area is 346 Å². The molecule has 12 aromatic carbocycles. The first-order valence-electron chi connectivity index (χ1n) is 21.1. The summed E-state index contributed by atoms with van der Waals surface area (Å²) in [4.78, 5) is 0. The molecule has 0 aromatic heterocycles. The van der Waals surface area contributed by atoms with Crippen LogP contribution in [0.3, 0.4) is 0 Å². The highest BCUT2D eigenvalue weighted by Crippen LogP contribution is 2.61. The van der Waals surface area contributed by atoms with Crippen molar-refractivity contribution in [2.45, 2.75) is 0 Å². The summed E-state index contributed by atoms with van der Waals surface area (Å²) in [5, 5.41) is 15.7. The summed E-state index contributed by atoms with van der Waals surface area (Å²) in [5.74, 6) is 0. The molecule has 0 nitrogen and oxygen atoms in total. The van der Waals surface area contributed by atoms with E-state index in [-0.39, 0.29) is 0 Å². The normalized spacial score (nSPS) is 12.7. The third-order valence-corrected chi connectivity index (χ3v) is 14.3. The van der Waals surface area contributed by atoms with Crippen LogP contribution in [0, 0.1) is 0 Å². The Kier molecular flexibility index (Phi) is 5.74. The van der Waals surface area contributed by atoms with Crippen molar-refractivity contribution >= 4 is 64.6 Å². The van der Waals surface area contributed by atoms with E-state index in [1.165, 1.54) is 154 Å². The highest BCUT2D eigenvalue weighted by molar-refractivity contribution is 6.35. The third kappa shape index (κ3) is 3.70. The Morgan fingerprint density at radius 3 is 1.15 bits per heavy atom. The molecule has 0 heteroatoms. The van der Waals surface area contributed by atoms with Crippen molar-refractivity contribution in [3.63, 3.8) is 0 Å². The van der Waals surface area contributed by atoms with E-state index in [1.54, 1.807) is 0 Å². The van der Waals surface area contributed by atoms with Gasteiger partial charge in [0.25, 0.3) is 0 Å². The summed E-state index contributed by atoms with van der Waals surface area (Å²) in [6.07, 6.45) is 0. The van der Waals surface area contributed by atoms with E-state index in [1.807, 2.05) is 0 Å². The average molecular weight is 753 g/mol. The molecule has 0 saturated heterocycles. The Bertz CT molecular complexity index is 3930. The quantitative estimate of drug-likeness (QED) is 0.154. The zero-order valence-electron chi connectivity index (χ0n) is 32.5. The molecule has 3 aliphatic rings. The maximum atomic E-state index is 2.54. The lowest BCUT2D eigenvalue weighted by atomic mass is 9.80. The Morgan fingerprint density at radius 1 is 0.167 bits per heavy atom. The molecule has 0 saturated carbocycles. The van der Waals surface area contributed by atoms with Gasteiger partial charge in [-0.3, -0.25) is 0 Å². The standard InChI is InChI=1S/C60H32/c1-2-13-34-33(12-1)26-27-39-42-22-11-25-51-56(42)53(32-52(34)39)60-58(50-31-29-48-38-17-6-4-15-36(38)41-21-10-24-44(50)55(41)48)46-19-8-7-18-45(46)57(59(51)60)49-30-28-47-37-16-5-3-14-35(37)40-20-9-23-43(49)54(40)47/h1-32H. The van der Waals surface area contributed by atoms with Crippen molar-refractivity contribution in [1.29, 1.82) is 0 Å². The molecule has 0 fully saturated rings. The average Bonchev–Trinajstić information content (AvgIpc) is 3.94. The first-order valence-corrected chi connectivity index (χ1v) is 21.1. The van der Waals surface area contributed by atoms with Crippen molar-refractivity contribution in [1.82, 2.24) is 0 Å². The Morgan fingerprint density at radius 2 is 0.567 bits per heavy atom. The van der Waals surface area contributed by atoms with Gasteiger partial charge in [0.2, 0.25) is 0 Å². The molecule has 0 aliphatic heterocycles. The van der Waals surface area contributed by atoms with E-state index in [4.69, 9.17) is 0 Å². The van der Waals surface area contributed by atoms with E-state index in [9.17, 15) is 0 Å². The van der Waals surface area contributed by atoms with E-state index in [2.05, 4.69) is 194 Å². The highest BCUT2D eigenvalue weighted by atomic mass is 14.4. The van der Waals surface area contributed by atoms with Crippen LogP contribution in [0.25, 0.3) is 154 Å². The van der Waals surface area contributed by atoms with Gasteiger partial charge in [0.05, 0.1) is 0 Å². The van der Waals surface area contributed by atoms with Gasteiger partial charge in [-0.2, -0.15) is 0 Å². The predicted octanol–water partition coefficient (Wildman–Crippen LogP) is 16.9. The van der Waals surface area contributed by atoms with Gasteiger partial charge in [-0.25, -0.2) is 0 Å². The first-order chi connectivity index (χ1) is 29.8. The molecule has 0 spiro atoms. The molecule has 0 radical (unpaired) electrons. The van der Waals surface area contributed by atoms with E-state index in [0.29, 0.717) is 0 Å². The van der Waals surface area contributed by atoms with Crippen molar-refractivity contribution in [3.8, 4) is 89.0 Å². The van der Waals surface area contributed by atoms with Crippen LogP contribution in [-0.2, 0) is 0 Å². The molecule has 3 aliphatic carbocycles. The maximum absolute atomic E-state index is 2.54. The second kappa shape index (κ2) is 11.0. The number of hydrogen-bond donors (Lipinski definition) is 0. The van der Waals surface area contributed by atoms with Gasteiger partial charge in [0.15, 0.2) is 0 Å².